The summed E-state index contributed by atoms with van der Waals surface area (Å²) in [6, 6.07) is 7.69. The van der Waals surface area contributed by atoms with Crippen molar-refractivity contribution in [3.05, 3.63) is 51.8 Å². The van der Waals surface area contributed by atoms with Crippen molar-refractivity contribution in [2.75, 3.05) is 6.54 Å². The number of unbranched alkanes of at least 4 members (excludes halogenated alkanes) is 1. The number of aryl methyl sites for hydroxylation is 1. The minimum absolute atomic E-state index is 0.0474. The summed E-state index contributed by atoms with van der Waals surface area (Å²) in [5.74, 6) is -0.0474. The van der Waals surface area contributed by atoms with E-state index in [1.165, 1.54) is 0 Å². The molecule has 1 amide bonds. The van der Waals surface area contributed by atoms with Crippen LogP contribution in [-0.2, 0) is 6.54 Å². The Morgan fingerprint density at radius 2 is 2.05 bits per heavy atom. The zero-order valence-corrected chi connectivity index (χ0v) is 14.1. The van der Waals surface area contributed by atoms with E-state index in [1.807, 2.05) is 42.8 Å². The van der Waals surface area contributed by atoms with Crippen molar-refractivity contribution in [2.24, 2.45) is 0 Å². The molecule has 0 spiro atoms. The normalized spacial score (nSPS) is 10.7. The van der Waals surface area contributed by atoms with E-state index >= 15 is 0 Å². The third-order valence-corrected chi connectivity index (χ3v) is 4.07. The van der Waals surface area contributed by atoms with Gasteiger partial charge >= 0.3 is 0 Å². The summed E-state index contributed by atoms with van der Waals surface area (Å²) in [6.45, 7) is 7.15. The van der Waals surface area contributed by atoms with Gasteiger partial charge in [-0.2, -0.15) is 5.10 Å². The largest absolute Gasteiger partial charge is 0.352 e. The van der Waals surface area contributed by atoms with Crippen molar-refractivity contribution >= 4 is 17.5 Å². The summed E-state index contributed by atoms with van der Waals surface area (Å²) < 4.78 is 1.84. The Labute approximate surface area is 136 Å². The maximum absolute atomic E-state index is 12.3. The van der Waals surface area contributed by atoms with Crippen LogP contribution in [0.1, 0.15) is 47.1 Å². The van der Waals surface area contributed by atoms with E-state index in [0.29, 0.717) is 23.7 Å². The molecule has 1 aromatic carbocycles. The Hall–Kier alpha value is -1.81. The second kappa shape index (κ2) is 7.45. The lowest BCUT2D eigenvalue weighted by Gasteiger charge is -2.08. The number of amides is 1. The van der Waals surface area contributed by atoms with E-state index in [2.05, 4.69) is 17.3 Å². The number of nitrogens with zero attached hydrogens (tertiary/aromatic N) is 2. The molecule has 0 aliphatic rings. The molecule has 0 radical (unpaired) electrons. The quantitative estimate of drug-likeness (QED) is 0.825. The molecule has 0 aliphatic heterocycles. The minimum atomic E-state index is -0.0474. The third-order valence-electron chi connectivity index (χ3n) is 3.70. The van der Waals surface area contributed by atoms with Gasteiger partial charge in [0.2, 0.25) is 0 Å². The van der Waals surface area contributed by atoms with Crippen molar-refractivity contribution in [1.82, 2.24) is 15.1 Å². The number of halogens is 1. The van der Waals surface area contributed by atoms with Crippen molar-refractivity contribution in [3.8, 4) is 0 Å². The highest BCUT2D eigenvalue weighted by Crippen LogP contribution is 2.19. The number of hydrogen-bond acceptors (Lipinski definition) is 2. The first-order valence-electron chi connectivity index (χ1n) is 7.60. The molecule has 1 heterocycles. The fourth-order valence-corrected chi connectivity index (χ4v) is 2.63. The van der Waals surface area contributed by atoms with Gasteiger partial charge in [0.1, 0.15) is 0 Å². The Bertz CT molecular complexity index is 664. The van der Waals surface area contributed by atoms with Crippen LogP contribution >= 0.6 is 11.6 Å². The highest BCUT2D eigenvalue weighted by molar-refractivity contribution is 6.31. The molecule has 22 heavy (non-hydrogen) atoms. The van der Waals surface area contributed by atoms with Gasteiger partial charge in [0.15, 0.2) is 0 Å². The molecule has 2 rings (SSSR count). The molecule has 0 unspecified atom stereocenters. The SMILES string of the molecule is CCCCNC(=O)c1c(C)nn(Cc2ccccc2Cl)c1C. The average Bonchev–Trinajstić information content (AvgIpc) is 2.76. The van der Waals surface area contributed by atoms with Gasteiger partial charge in [0.25, 0.3) is 5.91 Å². The van der Waals surface area contributed by atoms with Gasteiger partial charge in [-0.3, -0.25) is 9.48 Å². The molecule has 118 valence electrons. The second-order valence-corrected chi connectivity index (χ2v) is 5.81. The first-order valence-corrected chi connectivity index (χ1v) is 7.98. The number of nitrogens with one attached hydrogen (secondary N) is 1. The molecule has 0 saturated carbocycles. The molecule has 4 nitrogen and oxygen atoms in total. The Balaban J connectivity index is 2.20. The molecule has 5 heteroatoms. The fourth-order valence-electron chi connectivity index (χ4n) is 2.43. The van der Waals surface area contributed by atoms with E-state index in [-0.39, 0.29) is 5.91 Å². The molecular weight excluding hydrogens is 298 g/mol. The second-order valence-electron chi connectivity index (χ2n) is 5.40. The van der Waals surface area contributed by atoms with Gasteiger partial charge in [-0.15, -0.1) is 0 Å². The first-order chi connectivity index (χ1) is 10.5. The maximum atomic E-state index is 12.3. The summed E-state index contributed by atoms with van der Waals surface area (Å²) in [5.41, 5.74) is 3.28. The Kier molecular flexibility index (Phi) is 5.61. The Morgan fingerprint density at radius 3 is 2.73 bits per heavy atom. The van der Waals surface area contributed by atoms with Crippen molar-refractivity contribution in [3.63, 3.8) is 0 Å². The highest BCUT2D eigenvalue weighted by Gasteiger charge is 2.18. The molecular formula is C17H22ClN3O. The van der Waals surface area contributed by atoms with E-state index in [4.69, 9.17) is 11.6 Å². The lowest BCUT2D eigenvalue weighted by atomic mass is 10.1. The zero-order valence-electron chi connectivity index (χ0n) is 13.3. The van der Waals surface area contributed by atoms with Crippen LogP contribution in [0.25, 0.3) is 0 Å². The summed E-state index contributed by atoms with van der Waals surface area (Å²) in [5, 5.41) is 8.16. The summed E-state index contributed by atoms with van der Waals surface area (Å²) in [4.78, 5) is 12.3. The lowest BCUT2D eigenvalue weighted by molar-refractivity contribution is 0.0952. The van der Waals surface area contributed by atoms with Gasteiger partial charge in [-0.25, -0.2) is 0 Å². The Morgan fingerprint density at radius 1 is 1.32 bits per heavy atom. The molecule has 0 fully saturated rings. The van der Waals surface area contributed by atoms with Gasteiger partial charge in [0.05, 0.1) is 17.8 Å². The summed E-state index contributed by atoms with van der Waals surface area (Å²) in [7, 11) is 0. The van der Waals surface area contributed by atoms with E-state index in [1.54, 1.807) is 0 Å². The van der Waals surface area contributed by atoms with Crippen LogP contribution in [0.5, 0.6) is 0 Å². The number of benzene rings is 1. The first kappa shape index (κ1) is 16.6. The van der Waals surface area contributed by atoms with Crippen molar-refractivity contribution in [2.45, 2.75) is 40.2 Å². The van der Waals surface area contributed by atoms with Crippen LogP contribution in [0.4, 0.5) is 0 Å². The third kappa shape index (κ3) is 3.69. The topological polar surface area (TPSA) is 46.9 Å². The maximum Gasteiger partial charge on any atom is 0.255 e. The van der Waals surface area contributed by atoms with Crippen LogP contribution in [0.3, 0.4) is 0 Å². The van der Waals surface area contributed by atoms with Gasteiger partial charge < -0.3 is 5.32 Å². The molecule has 0 aliphatic carbocycles. The van der Waals surface area contributed by atoms with E-state index < -0.39 is 0 Å². The number of carbonyl (C=O) groups excluding carboxylic acids is 1. The van der Waals surface area contributed by atoms with Crippen molar-refractivity contribution in [1.29, 1.82) is 0 Å². The van der Waals surface area contributed by atoms with Crippen LogP contribution in [0, 0.1) is 13.8 Å². The smallest absolute Gasteiger partial charge is 0.255 e. The number of rotatable bonds is 6. The van der Waals surface area contributed by atoms with Crippen LogP contribution in [0.15, 0.2) is 24.3 Å². The highest BCUT2D eigenvalue weighted by atomic mass is 35.5. The summed E-state index contributed by atoms with van der Waals surface area (Å²) >= 11 is 6.20. The lowest BCUT2D eigenvalue weighted by Crippen LogP contribution is -2.25. The number of aromatic nitrogens is 2. The molecule has 1 N–H and O–H groups in total. The van der Waals surface area contributed by atoms with Gasteiger partial charge in [-0.05, 0) is 31.9 Å². The summed E-state index contributed by atoms with van der Waals surface area (Å²) in [6.07, 6.45) is 2.04. The molecule has 2 aromatic rings. The van der Waals surface area contributed by atoms with Gasteiger partial charge in [0, 0.05) is 17.3 Å². The zero-order chi connectivity index (χ0) is 16.1. The number of carbonyl (C=O) groups is 1. The van der Waals surface area contributed by atoms with Gasteiger partial charge in [-0.1, -0.05) is 43.1 Å². The van der Waals surface area contributed by atoms with Crippen LogP contribution in [-0.4, -0.2) is 22.2 Å². The minimum Gasteiger partial charge on any atom is -0.352 e. The average molecular weight is 320 g/mol. The molecule has 0 bridgehead atoms. The van der Waals surface area contributed by atoms with E-state index in [0.717, 1.165) is 29.8 Å². The molecule has 0 atom stereocenters. The monoisotopic (exact) mass is 319 g/mol. The number of hydrogen-bond donors (Lipinski definition) is 1. The fraction of sp³-hybridized carbons (Fsp3) is 0.412. The van der Waals surface area contributed by atoms with E-state index in [9.17, 15) is 4.79 Å². The standard InChI is InChI=1S/C17H22ClN3O/c1-4-5-10-19-17(22)16-12(2)20-21(13(16)3)11-14-8-6-7-9-15(14)18/h6-9H,4-5,10-11H2,1-3H3,(H,19,22). The van der Waals surface area contributed by atoms with Crippen molar-refractivity contribution < 1.29 is 4.79 Å². The molecule has 0 saturated heterocycles. The predicted octanol–water partition coefficient (Wildman–Crippen LogP) is 3.73. The van der Waals surface area contributed by atoms with Crippen LogP contribution in [0.2, 0.25) is 5.02 Å². The molecule has 1 aromatic heterocycles. The van der Waals surface area contributed by atoms with Crippen LogP contribution < -0.4 is 5.32 Å². The predicted molar refractivity (Wildman–Crippen MR) is 89.5 cm³/mol.